The van der Waals surface area contributed by atoms with E-state index in [-0.39, 0.29) is 23.1 Å². The van der Waals surface area contributed by atoms with Crippen LogP contribution in [0.5, 0.6) is 0 Å². The van der Waals surface area contributed by atoms with Crippen molar-refractivity contribution in [3.8, 4) is 0 Å². The lowest BCUT2D eigenvalue weighted by Gasteiger charge is -2.44. The van der Waals surface area contributed by atoms with Gasteiger partial charge in [0, 0.05) is 16.8 Å². The van der Waals surface area contributed by atoms with Crippen molar-refractivity contribution in [1.82, 2.24) is 0 Å². The molecule has 3 heterocycles. The fourth-order valence-corrected chi connectivity index (χ4v) is 6.98. The van der Waals surface area contributed by atoms with Crippen LogP contribution in [0.4, 0.5) is 11.4 Å². The van der Waals surface area contributed by atoms with Crippen molar-refractivity contribution in [2.24, 2.45) is 0 Å². The Hall–Kier alpha value is -1.69. The van der Waals surface area contributed by atoms with E-state index in [2.05, 4.69) is 39.8 Å². The molecule has 2 amide bonds. The highest BCUT2D eigenvalue weighted by atomic mass is 35.5. The number of nitrogens with zero attached hydrogens (tertiary/aromatic N) is 2. The highest BCUT2D eigenvalue weighted by Crippen LogP contribution is 2.61. The number of aryl methyl sites for hydroxylation is 1. The van der Waals surface area contributed by atoms with Gasteiger partial charge >= 0.3 is 0 Å². The molecule has 3 aliphatic heterocycles. The van der Waals surface area contributed by atoms with Crippen molar-refractivity contribution in [1.29, 1.82) is 0 Å². The van der Waals surface area contributed by atoms with Crippen LogP contribution in [0.2, 0.25) is 10.0 Å². The van der Waals surface area contributed by atoms with Gasteiger partial charge in [-0.1, -0.05) is 47.8 Å². The second-order valence-corrected chi connectivity index (χ2v) is 11.1. The lowest BCUT2D eigenvalue weighted by atomic mass is 9.80. The Bertz CT molecular complexity index is 1130. The Balaban J connectivity index is 1.81. The maximum Gasteiger partial charge on any atom is 0.269 e. The van der Waals surface area contributed by atoms with Gasteiger partial charge in [0.1, 0.15) is 0 Å². The molecule has 0 N–H and O–H groups in total. The number of anilines is 2. The molecule has 156 valence electrons. The first-order valence-electron chi connectivity index (χ1n) is 9.99. The molecule has 7 heteroatoms. The van der Waals surface area contributed by atoms with E-state index >= 15 is 0 Å². The first kappa shape index (κ1) is 20.2. The molecule has 0 unspecified atom stereocenters. The summed E-state index contributed by atoms with van der Waals surface area (Å²) in [7, 11) is 0. The summed E-state index contributed by atoms with van der Waals surface area (Å²) < 4.78 is 0. The first-order chi connectivity index (χ1) is 14.1. The van der Waals surface area contributed by atoms with E-state index in [9.17, 15) is 9.59 Å². The van der Waals surface area contributed by atoms with E-state index in [1.54, 1.807) is 23.1 Å². The standard InChI is InChI=1S/C23H22Cl2N2O2S/c1-12-7-15-13(2)10-22(3,4)27-20(15)16(8-12)23(21(27)29)26(19(28)11-30-23)14-5-6-17(24)18(25)9-14/h5-9,13H,10-11H2,1-4H3/t13-,23-/m0/s1. The summed E-state index contributed by atoms with van der Waals surface area (Å²) in [5.41, 5.74) is 4.41. The number of carbonyl (C=O) groups is 2. The van der Waals surface area contributed by atoms with Crippen molar-refractivity contribution in [3.05, 3.63) is 57.1 Å². The van der Waals surface area contributed by atoms with Crippen molar-refractivity contribution >= 4 is 58.2 Å². The van der Waals surface area contributed by atoms with Crippen LogP contribution in [-0.2, 0) is 14.5 Å². The molecular weight excluding hydrogens is 439 g/mol. The summed E-state index contributed by atoms with van der Waals surface area (Å²) in [6.45, 7) is 8.48. The second-order valence-electron chi connectivity index (χ2n) is 9.07. The van der Waals surface area contributed by atoms with Crippen molar-refractivity contribution in [2.75, 3.05) is 15.6 Å². The van der Waals surface area contributed by atoms with Crippen LogP contribution in [-0.4, -0.2) is 23.1 Å². The van der Waals surface area contributed by atoms with E-state index in [0.717, 1.165) is 23.2 Å². The zero-order valence-electron chi connectivity index (χ0n) is 17.3. The third kappa shape index (κ3) is 2.49. The molecule has 0 bridgehead atoms. The molecule has 4 nitrogen and oxygen atoms in total. The average molecular weight is 461 g/mol. The molecule has 2 aromatic carbocycles. The summed E-state index contributed by atoms with van der Waals surface area (Å²) in [5.74, 6) is 0.405. The van der Waals surface area contributed by atoms with Crippen molar-refractivity contribution in [2.45, 2.75) is 50.4 Å². The smallest absolute Gasteiger partial charge is 0.269 e. The van der Waals surface area contributed by atoms with Crippen LogP contribution in [0.1, 0.15) is 49.8 Å². The summed E-state index contributed by atoms with van der Waals surface area (Å²) >= 11 is 13.8. The van der Waals surface area contributed by atoms with E-state index in [0.29, 0.717) is 21.7 Å². The molecule has 0 aliphatic carbocycles. The number of hydrogen-bond donors (Lipinski definition) is 0. The van der Waals surface area contributed by atoms with E-state index < -0.39 is 4.87 Å². The summed E-state index contributed by atoms with van der Waals surface area (Å²) in [4.78, 5) is 29.8. The molecule has 1 saturated heterocycles. The average Bonchev–Trinajstić information content (AvgIpc) is 3.13. The van der Waals surface area contributed by atoms with Gasteiger partial charge in [0.25, 0.3) is 5.91 Å². The minimum absolute atomic E-state index is 0.0526. The van der Waals surface area contributed by atoms with Gasteiger partial charge in [-0.25, -0.2) is 0 Å². The number of thioether (sulfide) groups is 1. The van der Waals surface area contributed by atoms with Gasteiger partial charge < -0.3 is 4.90 Å². The molecule has 1 fully saturated rings. The number of fused-ring (bicyclic) bond motifs is 1. The van der Waals surface area contributed by atoms with Gasteiger partial charge in [-0.15, -0.1) is 11.8 Å². The number of halogens is 2. The van der Waals surface area contributed by atoms with Gasteiger partial charge in [-0.3, -0.25) is 14.5 Å². The minimum atomic E-state index is -1.12. The molecule has 30 heavy (non-hydrogen) atoms. The molecule has 1 spiro atoms. The Morgan fingerprint density at radius 3 is 2.50 bits per heavy atom. The Labute approximate surface area is 190 Å². The Kier molecular flexibility index (Phi) is 4.32. The second kappa shape index (κ2) is 6.41. The molecule has 0 saturated carbocycles. The van der Waals surface area contributed by atoms with Crippen molar-refractivity contribution < 1.29 is 9.59 Å². The Morgan fingerprint density at radius 2 is 1.80 bits per heavy atom. The van der Waals surface area contributed by atoms with Gasteiger partial charge in [0.2, 0.25) is 10.8 Å². The third-order valence-corrected chi connectivity index (χ3v) is 8.56. The molecule has 3 aliphatic rings. The number of amides is 2. The largest absolute Gasteiger partial charge is 0.303 e. The molecule has 2 atom stereocenters. The number of carbonyl (C=O) groups excluding carboxylic acids is 2. The predicted molar refractivity (Wildman–Crippen MR) is 124 cm³/mol. The quantitative estimate of drug-likeness (QED) is 0.534. The lowest BCUT2D eigenvalue weighted by Crippen LogP contribution is -2.56. The summed E-state index contributed by atoms with van der Waals surface area (Å²) in [5, 5.41) is 0.777. The maximum absolute atomic E-state index is 14.2. The summed E-state index contributed by atoms with van der Waals surface area (Å²) in [6, 6.07) is 9.37. The Morgan fingerprint density at radius 1 is 1.07 bits per heavy atom. The molecule has 5 rings (SSSR count). The number of hydrogen-bond acceptors (Lipinski definition) is 3. The van der Waals surface area contributed by atoms with E-state index in [1.807, 2.05) is 4.90 Å². The topological polar surface area (TPSA) is 40.6 Å². The number of rotatable bonds is 1. The zero-order valence-corrected chi connectivity index (χ0v) is 19.6. The fraction of sp³-hybridized carbons (Fsp3) is 0.391. The normalized spacial score (nSPS) is 26.7. The van der Waals surface area contributed by atoms with Crippen LogP contribution in [0.3, 0.4) is 0 Å². The maximum atomic E-state index is 14.2. The zero-order chi connectivity index (χ0) is 21.6. The highest BCUT2D eigenvalue weighted by molar-refractivity contribution is 8.02. The molecule has 0 radical (unpaired) electrons. The van der Waals surface area contributed by atoms with Crippen LogP contribution < -0.4 is 9.80 Å². The van der Waals surface area contributed by atoms with Crippen LogP contribution in [0.25, 0.3) is 0 Å². The van der Waals surface area contributed by atoms with Gasteiger partial charge in [0.05, 0.1) is 21.5 Å². The van der Waals surface area contributed by atoms with E-state index in [1.165, 1.54) is 17.3 Å². The summed E-state index contributed by atoms with van der Waals surface area (Å²) in [6.07, 6.45) is 0.871. The molecule has 2 aromatic rings. The third-order valence-electron chi connectivity index (χ3n) is 6.44. The molecular formula is C23H22Cl2N2O2S. The van der Waals surface area contributed by atoms with Crippen LogP contribution in [0.15, 0.2) is 30.3 Å². The van der Waals surface area contributed by atoms with Gasteiger partial charge in [0.15, 0.2) is 0 Å². The van der Waals surface area contributed by atoms with Crippen LogP contribution >= 0.6 is 35.0 Å². The van der Waals surface area contributed by atoms with Gasteiger partial charge in [-0.2, -0.15) is 0 Å². The minimum Gasteiger partial charge on any atom is -0.303 e. The predicted octanol–water partition coefficient (Wildman–Crippen LogP) is 5.87. The first-order valence-corrected chi connectivity index (χ1v) is 11.7. The number of benzene rings is 2. The van der Waals surface area contributed by atoms with Gasteiger partial charge in [-0.05, 0) is 56.9 Å². The SMILES string of the molecule is Cc1cc2c3c(c1)[C@]1(SCC(=O)N1c1ccc(Cl)c(Cl)c1)C(=O)N3C(C)(C)C[C@@H]2C. The van der Waals surface area contributed by atoms with Crippen LogP contribution in [0, 0.1) is 6.92 Å². The highest BCUT2D eigenvalue weighted by Gasteiger charge is 2.64. The molecule has 0 aromatic heterocycles. The fourth-order valence-electron chi connectivity index (χ4n) is 5.36. The lowest BCUT2D eigenvalue weighted by molar-refractivity contribution is -0.124. The monoisotopic (exact) mass is 460 g/mol. The van der Waals surface area contributed by atoms with Crippen molar-refractivity contribution in [3.63, 3.8) is 0 Å². The van der Waals surface area contributed by atoms with E-state index in [4.69, 9.17) is 23.2 Å².